The molecular formula is C30H28N6O4. The van der Waals surface area contributed by atoms with Crippen LogP contribution < -0.4 is 15.2 Å². The van der Waals surface area contributed by atoms with Gasteiger partial charge in [0.2, 0.25) is 11.5 Å². The number of carbonyl (C=O) groups is 2. The van der Waals surface area contributed by atoms with Crippen molar-refractivity contribution < 1.29 is 14.3 Å². The van der Waals surface area contributed by atoms with E-state index >= 15 is 0 Å². The summed E-state index contributed by atoms with van der Waals surface area (Å²) in [4.78, 5) is 47.3. The quantitative estimate of drug-likeness (QED) is 0.400. The van der Waals surface area contributed by atoms with Crippen LogP contribution in [-0.4, -0.2) is 49.8 Å². The highest BCUT2D eigenvalue weighted by molar-refractivity contribution is 6.10. The highest BCUT2D eigenvalue weighted by atomic mass is 16.5. The van der Waals surface area contributed by atoms with Gasteiger partial charge < -0.3 is 19.5 Å². The van der Waals surface area contributed by atoms with Crippen molar-refractivity contribution in [2.45, 2.75) is 44.3 Å². The molecule has 0 radical (unpaired) electrons. The number of hydrogen-bond donors (Lipinski definition) is 1. The number of benzene rings is 2. The van der Waals surface area contributed by atoms with Gasteiger partial charge in [-0.25, -0.2) is 0 Å². The Labute approximate surface area is 230 Å². The SMILES string of the molecule is Cc1cc(C(=O)N2CC[C@]34C(=O)N(Cc5cn(nn5)CCCOc5cccc(c5)[C@H]23)c2ccccc24)cc(=O)[nH]1. The normalized spacial score (nSPS) is 21.7. The molecule has 1 saturated heterocycles. The van der Waals surface area contributed by atoms with Crippen molar-refractivity contribution in [2.75, 3.05) is 18.1 Å². The number of anilines is 1. The lowest BCUT2D eigenvalue weighted by molar-refractivity contribution is -0.124. The zero-order chi connectivity index (χ0) is 27.4. The second-order valence-corrected chi connectivity index (χ2v) is 10.7. The third kappa shape index (κ3) is 3.74. The molecule has 10 heteroatoms. The van der Waals surface area contributed by atoms with E-state index in [1.807, 2.05) is 54.7 Å². The number of pyridine rings is 1. The van der Waals surface area contributed by atoms with E-state index in [0.29, 0.717) is 48.8 Å². The number of H-pyrrole nitrogens is 1. The van der Waals surface area contributed by atoms with Crippen molar-refractivity contribution in [1.29, 1.82) is 0 Å². The Morgan fingerprint density at radius 3 is 2.83 bits per heavy atom. The lowest BCUT2D eigenvalue weighted by atomic mass is 9.72. The predicted molar refractivity (Wildman–Crippen MR) is 146 cm³/mol. The molecule has 2 amide bonds. The predicted octanol–water partition coefficient (Wildman–Crippen LogP) is 3.13. The molecule has 2 atom stereocenters. The fourth-order valence-electron chi connectivity index (χ4n) is 6.57. The van der Waals surface area contributed by atoms with E-state index in [0.717, 1.165) is 23.2 Å². The third-order valence-electron chi connectivity index (χ3n) is 8.19. The molecule has 3 aliphatic rings. The lowest BCUT2D eigenvalue weighted by Crippen LogP contribution is -2.45. The number of rotatable bonds is 1. The number of para-hydroxylation sites is 1. The van der Waals surface area contributed by atoms with Gasteiger partial charge in [-0.15, -0.1) is 5.10 Å². The highest BCUT2D eigenvalue weighted by Crippen LogP contribution is 2.57. The first-order valence-electron chi connectivity index (χ1n) is 13.5. The topological polar surface area (TPSA) is 113 Å². The van der Waals surface area contributed by atoms with Crippen LogP contribution >= 0.6 is 0 Å². The summed E-state index contributed by atoms with van der Waals surface area (Å²) < 4.78 is 7.88. The Balaban J connectivity index is 1.42. The van der Waals surface area contributed by atoms with Gasteiger partial charge in [0.1, 0.15) is 16.9 Å². The number of likely N-dealkylation sites (tertiary alicyclic amines) is 1. The van der Waals surface area contributed by atoms with Crippen LogP contribution in [-0.2, 0) is 23.3 Å². The maximum absolute atomic E-state index is 14.7. The minimum atomic E-state index is -1.02. The molecule has 3 aliphatic heterocycles. The second kappa shape index (κ2) is 9.18. The van der Waals surface area contributed by atoms with Gasteiger partial charge in [-0.2, -0.15) is 0 Å². The van der Waals surface area contributed by atoms with Gasteiger partial charge >= 0.3 is 0 Å². The third-order valence-corrected chi connectivity index (χ3v) is 8.19. The maximum Gasteiger partial charge on any atom is 0.254 e. The van der Waals surface area contributed by atoms with Crippen molar-refractivity contribution in [1.82, 2.24) is 24.9 Å². The number of hydrogen-bond acceptors (Lipinski definition) is 6. The largest absolute Gasteiger partial charge is 0.494 e. The number of aromatic nitrogens is 4. The number of fused-ring (bicyclic) bond motifs is 8. The molecule has 0 aliphatic carbocycles. The smallest absolute Gasteiger partial charge is 0.254 e. The standard InChI is InChI=1S/C30H28N6O4/c1-19-14-21(16-26(37)31-19)28(38)35-12-10-30-24-8-2-3-9-25(24)36(29(30)39)18-22-17-34(33-32-22)11-5-13-40-23-7-4-6-20(15-23)27(30)35/h2-4,6-9,14-17,27H,5,10-13,18H2,1H3,(H,31,37)/t27-,30+/m0/s1. The van der Waals surface area contributed by atoms with Gasteiger partial charge in [-0.3, -0.25) is 19.1 Å². The molecule has 1 fully saturated rings. The molecule has 0 saturated carbocycles. The summed E-state index contributed by atoms with van der Waals surface area (Å²) in [6, 6.07) is 17.9. The Morgan fingerprint density at radius 2 is 1.95 bits per heavy atom. The summed E-state index contributed by atoms with van der Waals surface area (Å²) in [7, 11) is 0. The van der Waals surface area contributed by atoms with E-state index in [-0.39, 0.29) is 23.9 Å². The van der Waals surface area contributed by atoms with Gasteiger partial charge in [0, 0.05) is 42.5 Å². The van der Waals surface area contributed by atoms with Crippen LogP contribution in [0, 0.1) is 6.92 Å². The van der Waals surface area contributed by atoms with Crippen LogP contribution in [0.3, 0.4) is 0 Å². The summed E-state index contributed by atoms with van der Waals surface area (Å²) in [5.74, 6) is 0.308. The van der Waals surface area contributed by atoms with Gasteiger partial charge in [0.15, 0.2) is 0 Å². The maximum atomic E-state index is 14.7. The first-order valence-corrected chi connectivity index (χ1v) is 13.5. The van der Waals surface area contributed by atoms with Crippen LogP contribution in [0.4, 0.5) is 5.69 Å². The number of carbonyl (C=O) groups excluding carboxylic acids is 2. The summed E-state index contributed by atoms with van der Waals surface area (Å²) in [6.45, 7) is 3.50. The fourth-order valence-corrected chi connectivity index (χ4v) is 6.57. The molecule has 2 aromatic heterocycles. The minimum absolute atomic E-state index is 0.0770. The molecule has 40 heavy (non-hydrogen) atoms. The zero-order valence-corrected chi connectivity index (χ0v) is 22.0. The number of nitrogens with one attached hydrogen (secondary N) is 1. The van der Waals surface area contributed by atoms with Gasteiger partial charge in [-0.05, 0) is 48.7 Å². The molecule has 1 spiro atoms. The van der Waals surface area contributed by atoms with Crippen LogP contribution in [0.2, 0.25) is 0 Å². The fraction of sp³-hybridized carbons (Fsp3) is 0.300. The number of nitrogens with zero attached hydrogens (tertiary/aromatic N) is 5. The van der Waals surface area contributed by atoms with Crippen molar-refractivity contribution in [2.24, 2.45) is 0 Å². The Kier molecular flexibility index (Phi) is 5.58. The van der Waals surface area contributed by atoms with Gasteiger partial charge in [0.05, 0.1) is 25.4 Å². The van der Waals surface area contributed by atoms with E-state index in [1.165, 1.54) is 6.07 Å². The molecule has 6 bridgehead atoms. The van der Waals surface area contributed by atoms with Crippen LogP contribution in [0.5, 0.6) is 5.75 Å². The highest BCUT2D eigenvalue weighted by Gasteiger charge is 2.61. The monoisotopic (exact) mass is 536 g/mol. The average Bonchev–Trinajstić information content (AvgIpc) is 3.63. The van der Waals surface area contributed by atoms with Gasteiger partial charge in [0.25, 0.3) is 5.91 Å². The average molecular weight is 537 g/mol. The molecule has 0 unspecified atom stereocenters. The van der Waals surface area contributed by atoms with E-state index in [1.54, 1.807) is 27.5 Å². The van der Waals surface area contributed by atoms with Crippen LogP contribution in [0.15, 0.2) is 71.7 Å². The molecule has 2 aromatic carbocycles. The summed E-state index contributed by atoms with van der Waals surface area (Å²) in [6.07, 6.45) is 3.05. The molecule has 1 N–H and O–H groups in total. The van der Waals surface area contributed by atoms with Gasteiger partial charge in [-0.1, -0.05) is 35.5 Å². The van der Waals surface area contributed by atoms with E-state index in [2.05, 4.69) is 15.3 Å². The second-order valence-electron chi connectivity index (χ2n) is 10.7. The lowest BCUT2D eigenvalue weighted by Gasteiger charge is -2.35. The van der Waals surface area contributed by atoms with E-state index in [4.69, 9.17) is 4.74 Å². The molecule has 202 valence electrons. The Bertz CT molecular complexity index is 1710. The molecule has 10 nitrogen and oxygen atoms in total. The molecule has 7 rings (SSSR count). The van der Waals surface area contributed by atoms with Crippen molar-refractivity contribution in [3.05, 3.63) is 105 Å². The van der Waals surface area contributed by atoms with Crippen molar-refractivity contribution in [3.8, 4) is 5.75 Å². The Morgan fingerprint density at radius 1 is 1.07 bits per heavy atom. The van der Waals surface area contributed by atoms with Crippen LogP contribution in [0.25, 0.3) is 0 Å². The van der Waals surface area contributed by atoms with E-state index < -0.39 is 11.5 Å². The summed E-state index contributed by atoms with van der Waals surface area (Å²) in [5.41, 5.74) is 2.75. The number of aryl methyl sites for hydroxylation is 2. The van der Waals surface area contributed by atoms with Crippen molar-refractivity contribution >= 4 is 17.5 Å². The molecule has 4 aromatic rings. The summed E-state index contributed by atoms with van der Waals surface area (Å²) in [5, 5.41) is 8.59. The number of amides is 2. The first-order chi connectivity index (χ1) is 19.4. The zero-order valence-electron chi connectivity index (χ0n) is 22.0. The van der Waals surface area contributed by atoms with Crippen molar-refractivity contribution in [3.63, 3.8) is 0 Å². The first kappa shape index (κ1) is 24.3. The minimum Gasteiger partial charge on any atom is -0.494 e. The molecule has 5 heterocycles. The summed E-state index contributed by atoms with van der Waals surface area (Å²) >= 11 is 0. The number of aromatic amines is 1. The van der Waals surface area contributed by atoms with E-state index in [9.17, 15) is 14.4 Å². The van der Waals surface area contributed by atoms with Crippen LogP contribution in [0.1, 0.15) is 51.8 Å². The number of ether oxygens (including phenoxy) is 1. The molecular weight excluding hydrogens is 508 g/mol. The Hall–Kier alpha value is -4.73.